The Morgan fingerprint density at radius 3 is 1.85 bits per heavy atom. The van der Waals surface area contributed by atoms with Crippen molar-refractivity contribution in [2.75, 3.05) is 25.6 Å². The molecule has 2 saturated heterocycles. The monoisotopic (exact) mass is 679 g/mol. The minimum absolute atomic E-state index is 0.125. The number of nitrogens with one attached hydrogen (secondary N) is 3. The van der Waals surface area contributed by atoms with Crippen LogP contribution < -0.4 is 26.4 Å². The SMILES string of the molecule is CC(C)(C)OC(=O)N[C@@H]1CC[C@@H](C(N)=O)OC1.COc1ccc2ncc(Cl)c(NC(=O)[C@@H]3CC[C@@H](NC(=O)OC(C)(C)C)CO3)c2c1. The molecule has 14 nitrogen and oxygen atoms in total. The lowest BCUT2D eigenvalue weighted by Gasteiger charge is -2.30. The van der Waals surface area contributed by atoms with E-state index >= 15 is 0 Å². The van der Waals surface area contributed by atoms with Crippen LogP contribution >= 0.6 is 11.6 Å². The third kappa shape index (κ3) is 12.3. The highest BCUT2D eigenvalue weighted by Gasteiger charge is 2.30. The number of carbonyl (C=O) groups excluding carboxylic acids is 4. The first-order valence-corrected chi connectivity index (χ1v) is 15.8. The van der Waals surface area contributed by atoms with Gasteiger partial charge in [-0.1, -0.05) is 11.6 Å². The van der Waals surface area contributed by atoms with Crippen LogP contribution in [0.1, 0.15) is 67.2 Å². The second-order valence-corrected chi connectivity index (χ2v) is 13.6. The number of primary amides is 1. The molecule has 0 bridgehead atoms. The number of benzene rings is 1. The summed E-state index contributed by atoms with van der Waals surface area (Å²) in [5.74, 6) is -0.129. The number of methoxy groups -OCH3 is 1. The number of nitrogens with zero attached hydrogens (tertiary/aromatic N) is 1. The van der Waals surface area contributed by atoms with Crippen molar-refractivity contribution in [1.82, 2.24) is 15.6 Å². The molecular weight excluding hydrogens is 634 g/mol. The molecule has 2 fully saturated rings. The molecule has 4 atom stereocenters. The van der Waals surface area contributed by atoms with Crippen LogP contribution in [0.3, 0.4) is 0 Å². The number of fused-ring (bicyclic) bond motifs is 1. The summed E-state index contributed by atoms with van der Waals surface area (Å²) in [6.07, 6.45) is 1.58. The van der Waals surface area contributed by atoms with Gasteiger partial charge in [-0.2, -0.15) is 0 Å². The van der Waals surface area contributed by atoms with E-state index in [1.807, 2.05) is 0 Å². The van der Waals surface area contributed by atoms with E-state index in [-0.39, 0.29) is 31.2 Å². The predicted octanol–water partition coefficient (Wildman–Crippen LogP) is 4.45. The van der Waals surface area contributed by atoms with Crippen molar-refractivity contribution in [2.45, 2.75) is 103 Å². The first kappa shape index (κ1) is 37.6. The molecule has 47 heavy (non-hydrogen) atoms. The lowest BCUT2D eigenvalue weighted by Crippen LogP contribution is -2.47. The van der Waals surface area contributed by atoms with E-state index in [1.165, 1.54) is 6.20 Å². The summed E-state index contributed by atoms with van der Waals surface area (Å²) in [6.45, 7) is 11.3. The first-order chi connectivity index (χ1) is 21.9. The van der Waals surface area contributed by atoms with Crippen molar-refractivity contribution in [3.05, 3.63) is 29.4 Å². The number of halogens is 1. The van der Waals surface area contributed by atoms with Crippen LogP contribution in [0.4, 0.5) is 15.3 Å². The molecule has 1 aromatic heterocycles. The third-order valence-electron chi connectivity index (χ3n) is 6.88. The molecule has 4 rings (SSSR count). The third-order valence-corrected chi connectivity index (χ3v) is 7.17. The van der Waals surface area contributed by atoms with Gasteiger partial charge in [0.1, 0.15) is 29.2 Å². The topological polar surface area (TPSA) is 189 Å². The Bertz CT molecular complexity index is 1410. The molecule has 1 aromatic carbocycles. The summed E-state index contributed by atoms with van der Waals surface area (Å²) in [5, 5.41) is 9.32. The van der Waals surface area contributed by atoms with Crippen LogP contribution in [0.15, 0.2) is 24.4 Å². The average Bonchev–Trinajstić information content (AvgIpc) is 2.97. The van der Waals surface area contributed by atoms with Gasteiger partial charge in [0.05, 0.1) is 48.6 Å². The number of amides is 4. The fourth-order valence-corrected chi connectivity index (χ4v) is 4.91. The number of pyridine rings is 1. The lowest BCUT2D eigenvalue weighted by molar-refractivity contribution is -0.133. The first-order valence-electron chi connectivity index (χ1n) is 15.4. The quantitative estimate of drug-likeness (QED) is 0.339. The molecule has 2 aliphatic heterocycles. The number of anilines is 1. The predicted molar refractivity (Wildman–Crippen MR) is 175 cm³/mol. The minimum atomic E-state index is -0.647. The Morgan fingerprint density at radius 2 is 1.40 bits per heavy atom. The molecule has 3 heterocycles. The molecule has 0 radical (unpaired) electrons. The van der Waals surface area contributed by atoms with E-state index in [1.54, 1.807) is 66.9 Å². The second-order valence-electron chi connectivity index (χ2n) is 13.2. The zero-order valence-corrected chi connectivity index (χ0v) is 28.7. The molecular formula is C32H46ClN5O9. The van der Waals surface area contributed by atoms with Gasteiger partial charge in [0.15, 0.2) is 0 Å². The van der Waals surface area contributed by atoms with E-state index in [2.05, 4.69) is 20.9 Å². The van der Waals surface area contributed by atoms with Gasteiger partial charge in [0.25, 0.3) is 5.91 Å². The molecule has 0 unspecified atom stereocenters. The van der Waals surface area contributed by atoms with Crippen LogP contribution in [-0.2, 0) is 28.5 Å². The maximum atomic E-state index is 12.8. The fraction of sp³-hybridized carbons (Fsp3) is 0.594. The second kappa shape index (κ2) is 16.3. The summed E-state index contributed by atoms with van der Waals surface area (Å²) in [5.41, 5.74) is 5.17. The van der Waals surface area contributed by atoms with Crippen LogP contribution in [0, 0.1) is 0 Å². The van der Waals surface area contributed by atoms with Crippen LogP contribution in [0.25, 0.3) is 10.9 Å². The number of carbonyl (C=O) groups is 4. The molecule has 0 aliphatic carbocycles. The Kier molecular flexibility index (Phi) is 13.0. The Balaban J connectivity index is 0.000000300. The van der Waals surface area contributed by atoms with E-state index < -0.39 is 41.5 Å². The van der Waals surface area contributed by atoms with Gasteiger partial charge < -0.3 is 45.4 Å². The van der Waals surface area contributed by atoms with E-state index in [4.69, 9.17) is 41.0 Å². The van der Waals surface area contributed by atoms with Gasteiger partial charge in [-0.25, -0.2) is 9.59 Å². The van der Waals surface area contributed by atoms with Gasteiger partial charge >= 0.3 is 12.2 Å². The van der Waals surface area contributed by atoms with Crippen molar-refractivity contribution in [2.24, 2.45) is 5.73 Å². The number of hydrogen-bond acceptors (Lipinski definition) is 10. The number of ether oxygens (including phenoxy) is 5. The average molecular weight is 680 g/mol. The van der Waals surface area contributed by atoms with Gasteiger partial charge in [-0.05, 0) is 85.4 Å². The summed E-state index contributed by atoms with van der Waals surface area (Å²) < 4.78 is 26.6. The maximum Gasteiger partial charge on any atom is 0.407 e. The Morgan fingerprint density at radius 1 is 0.872 bits per heavy atom. The molecule has 2 aromatic rings. The van der Waals surface area contributed by atoms with Crippen molar-refractivity contribution in [3.63, 3.8) is 0 Å². The molecule has 15 heteroatoms. The van der Waals surface area contributed by atoms with Crippen LogP contribution in [0.2, 0.25) is 5.02 Å². The van der Waals surface area contributed by atoms with E-state index in [0.29, 0.717) is 53.0 Å². The highest BCUT2D eigenvalue weighted by molar-refractivity contribution is 6.35. The summed E-state index contributed by atoms with van der Waals surface area (Å²) in [4.78, 5) is 51.3. The van der Waals surface area contributed by atoms with Crippen molar-refractivity contribution >= 4 is 52.2 Å². The molecule has 4 amide bonds. The van der Waals surface area contributed by atoms with Gasteiger partial charge in [-0.15, -0.1) is 0 Å². The number of alkyl carbamates (subject to hydrolysis) is 2. The highest BCUT2D eigenvalue weighted by atomic mass is 35.5. The van der Waals surface area contributed by atoms with E-state index in [0.717, 1.165) is 0 Å². The Hall–Kier alpha value is -3.88. The van der Waals surface area contributed by atoms with Gasteiger partial charge in [0.2, 0.25) is 5.91 Å². The molecule has 260 valence electrons. The van der Waals surface area contributed by atoms with Gasteiger partial charge in [-0.3, -0.25) is 14.6 Å². The number of aromatic nitrogens is 1. The van der Waals surface area contributed by atoms with Crippen molar-refractivity contribution in [1.29, 1.82) is 0 Å². The number of hydrogen-bond donors (Lipinski definition) is 4. The molecule has 2 aliphatic rings. The normalized spacial score (nSPS) is 21.4. The number of nitrogens with two attached hydrogens (primary N) is 1. The van der Waals surface area contributed by atoms with Crippen LogP contribution in [0.5, 0.6) is 5.75 Å². The summed E-state index contributed by atoms with van der Waals surface area (Å²) >= 11 is 6.29. The zero-order chi connectivity index (χ0) is 34.9. The highest BCUT2D eigenvalue weighted by Crippen LogP contribution is 2.32. The smallest absolute Gasteiger partial charge is 0.407 e. The van der Waals surface area contributed by atoms with Crippen LogP contribution in [-0.4, -0.2) is 84.8 Å². The van der Waals surface area contributed by atoms with Crippen molar-refractivity contribution < 1.29 is 42.9 Å². The Labute approximate surface area is 279 Å². The molecule has 5 N–H and O–H groups in total. The molecule has 0 spiro atoms. The minimum Gasteiger partial charge on any atom is -0.497 e. The maximum absolute atomic E-state index is 12.8. The molecule has 0 saturated carbocycles. The van der Waals surface area contributed by atoms with Gasteiger partial charge in [0, 0.05) is 11.6 Å². The standard InChI is InChI=1S/C21H26ClN3O5.C11H20N2O4/c1-21(2,3)30-20(27)24-12-5-8-17(29-11-12)19(26)25-18-14-9-13(28-4)6-7-16(14)23-10-15(18)22;1-11(2,3)17-10(15)13-7-4-5-8(9(12)14)16-6-7/h6-7,9-10,12,17H,5,8,11H2,1-4H3,(H,24,27)(H,23,25,26);7-8H,4-6H2,1-3H3,(H2,12,14)(H,13,15)/t12-,17+;7-,8+/m11/s1. The largest absolute Gasteiger partial charge is 0.497 e. The summed E-state index contributed by atoms with van der Waals surface area (Å²) in [6, 6.07) is 5.02. The fourth-order valence-electron chi connectivity index (χ4n) is 4.72. The zero-order valence-electron chi connectivity index (χ0n) is 27.9. The number of rotatable bonds is 6. The summed E-state index contributed by atoms with van der Waals surface area (Å²) in [7, 11) is 1.56. The lowest BCUT2D eigenvalue weighted by atomic mass is 10.0. The van der Waals surface area contributed by atoms with Crippen molar-refractivity contribution in [3.8, 4) is 5.75 Å². The van der Waals surface area contributed by atoms with E-state index in [9.17, 15) is 19.2 Å².